The standard InChI is InChI=1S/C14H18ClN3O/c1-19-14(5-2-6-14)10-18-12-4-8-16-9-11(12)17-13(18)3-7-15/h4,8-9H,2-3,5-7,10H2,1H3. The quantitative estimate of drug-likeness (QED) is 0.790. The lowest BCUT2D eigenvalue weighted by Gasteiger charge is -2.41. The third-order valence-electron chi connectivity index (χ3n) is 4.09. The van der Waals surface area contributed by atoms with E-state index in [0.717, 1.165) is 42.7 Å². The van der Waals surface area contributed by atoms with Gasteiger partial charge in [-0.2, -0.15) is 0 Å². The first-order chi connectivity index (χ1) is 9.28. The summed E-state index contributed by atoms with van der Waals surface area (Å²) in [6, 6.07) is 2.02. The second-order valence-corrected chi connectivity index (χ2v) is 5.54. The van der Waals surface area contributed by atoms with E-state index in [1.165, 1.54) is 6.42 Å². The van der Waals surface area contributed by atoms with Crippen LogP contribution in [0.3, 0.4) is 0 Å². The van der Waals surface area contributed by atoms with Gasteiger partial charge in [0, 0.05) is 25.6 Å². The Bertz CT molecular complexity index is 572. The van der Waals surface area contributed by atoms with Crippen molar-refractivity contribution in [3.8, 4) is 0 Å². The average molecular weight is 280 g/mol. The molecule has 0 bridgehead atoms. The summed E-state index contributed by atoms with van der Waals surface area (Å²) in [4.78, 5) is 8.78. The lowest BCUT2D eigenvalue weighted by molar-refractivity contribution is -0.0832. The number of halogens is 1. The molecule has 0 aromatic carbocycles. The van der Waals surface area contributed by atoms with Gasteiger partial charge in [0.15, 0.2) is 0 Å². The van der Waals surface area contributed by atoms with Gasteiger partial charge in [0.05, 0.1) is 23.9 Å². The minimum atomic E-state index is -0.0159. The Hall–Kier alpha value is -1.13. The number of methoxy groups -OCH3 is 1. The van der Waals surface area contributed by atoms with Crippen molar-refractivity contribution in [3.05, 3.63) is 24.3 Å². The third kappa shape index (κ3) is 2.23. The van der Waals surface area contributed by atoms with Crippen LogP contribution in [-0.4, -0.2) is 33.1 Å². The summed E-state index contributed by atoms with van der Waals surface area (Å²) in [5.74, 6) is 1.61. The maximum Gasteiger partial charge on any atom is 0.111 e. The van der Waals surface area contributed by atoms with Gasteiger partial charge in [0.1, 0.15) is 11.3 Å². The Morgan fingerprint density at radius 2 is 2.32 bits per heavy atom. The molecule has 19 heavy (non-hydrogen) atoms. The molecule has 0 atom stereocenters. The van der Waals surface area contributed by atoms with Crippen molar-refractivity contribution in [1.82, 2.24) is 14.5 Å². The van der Waals surface area contributed by atoms with Crippen LogP contribution < -0.4 is 0 Å². The van der Waals surface area contributed by atoms with E-state index in [1.807, 2.05) is 18.5 Å². The zero-order valence-corrected chi connectivity index (χ0v) is 11.9. The zero-order valence-electron chi connectivity index (χ0n) is 11.1. The van der Waals surface area contributed by atoms with Gasteiger partial charge in [-0.1, -0.05) is 0 Å². The van der Waals surface area contributed by atoms with Crippen molar-refractivity contribution in [3.63, 3.8) is 0 Å². The van der Waals surface area contributed by atoms with Gasteiger partial charge in [-0.05, 0) is 25.3 Å². The number of aryl methyl sites for hydroxylation is 1. The molecule has 3 rings (SSSR count). The molecule has 0 radical (unpaired) electrons. The Labute approximate surface area is 117 Å². The topological polar surface area (TPSA) is 39.9 Å². The van der Waals surface area contributed by atoms with Crippen molar-refractivity contribution >= 4 is 22.6 Å². The highest BCUT2D eigenvalue weighted by atomic mass is 35.5. The van der Waals surface area contributed by atoms with E-state index in [2.05, 4.69) is 14.5 Å². The zero-order chi connectivity index (χ0) is 13.3. The van der Waals surface area contributed by atoms with Crippen LogP contribution in [0.15, 0.2) is 18.5 Å². The van der Waals surface area contributed by atoms with E-state index in [4.69, 9.17) is 16.3 Å². The van der Waals surface area contributed by atoms with Crippen LogP contribution in [0.2, 0.25) is 0 Å². The smallest absolute Gasteiger partial charge is 0.111 e. The lowest BCUT2D eigenvalue weighted by atomic mass is 9.80. The SMILES string of the molecule is COC1(Cn2c(CCCl)nc3cnccc32)CCC1. The molecule has 4 nitrogen and oxygen atoms in total. The highest BCUT2D eigenvalue weighted by Crippen LogP contribution is 2.37. The first kappa shape index (κ1) is 12.9. The maximum absolute atomic E-state index is 5.89. The number of ether oxygens (including phenoxy) is 1. The monoisotopic (exact) mass is 279 g/mol. The molecule has 0 saturated heterocycles. The largest absolute Gasteiger partial charge is 0.376 e. The summed E-state index contributed by atoms with van der Waals surface area (Å²) >= 11 is 5.89. The number of alkyl halides is 1. The first-order valence-electron chi connectivity index (χ1n) is 6.68. The molecule has 1 fully saturated rings. The number of imidazole rings is 1. The number of pyridine rings is 1. The van der Waals surface area contributed by atoms with Crippen molar-refractivity contribution in [1.29, 1.82) is 0 Å². The minimum Gasteiger partial charge on any atom is -0.376 e. The summed E-state index contributed by atoms with van der Waals surface area (Å²) in [7, 11) is 1.81. The van der Waals surface area contributed by atoms with Crippen LogP contribution in [0.4, 0.5) is 0 Å². The molecule has 1 aliphatic carbocycles. The molecule has 102 valence electrons. The Morgan fingerprint density at radius 1 is 1.47 bits per heavy atom. The molecule has 2 heterocycles. The van der Waals surface area contributed by atoms with E-state index >= 15 is 0 Å². The summed E-state index contributed by atoms with van der Waals surface area (Å²) in [6.07, 6.45) is 7.88. The van der Waals surface area contributed by atoms with Gasteiger partial charge in [-0.25, -0.2) is 4.98 Å². The van der Waals surface area contributed by atoms with Gasteiger partial charge in [-0.3, -0.25) is 4.98 Å². The molecule has 0 unspecified atom stereocenters. The fourth-order valence-electron chi connectivity index (χ4n) is 2.77. The molecule has 2 aromatic heterocycles. The molecular formula is C14H18ClN3O. The number of aromatic nitrogens is 3. The molecule has 0 spiro atoms. The number of nitrogens with zero attached hydrogens (tertiary/aromatic N) is 3. The third-order valence-corrected chi connectivity index (χ3v) is 4.28. The van der Waals surface area contributed by atoms with Gasteiger partial charge >= 0.3 is 0 Å². The normalized spacial score (nSPS) is 17.6. The Morgan fingerprint density at radius 3 is 2.95 bits per heavy atom. The van der Waals surface area contributed by atoms with Gasteiger partial charge in [0.2, 0.25) is 0 Å². The summed E-state index contributed by atoms with van der Waals surface area (Å²) in [5.41, 5.74) is 2.05. The maximum atomic E-state index is 5.89. The van der Waals surface area contributed by atoms with E-state index in [0.29, 0.717) is 5.88 Å². The molecule has 5 heteroatoms. The molecule has 1 aliphatic rings. The number of hydrogen-bond donors (Lipinski definition) is 0. The van der Waals surface area contributed by atoms with Gasteiger partial charge < -0.3 is 9.30 Å². The number of rotatable bonds is 5. The highest BCUT2D eigenvalue weighted by Gasteiger charge is 2.38. The fraction of sp³-hybridized carbons (Fsp3) is 0.571. The molecule has 2 aromatic rings. The molecule has 0 aliphatic heterocycles. The Kier molecular flexibility index (Phi) is 3.46. The molecule has 0 N–H and O–H groups in total. The predicted octanol–water partition coefficient (Wildman–Crippen LogP) is 2.78. The van der Waals surface area contributed by atoms with Crippen molar-refractivity contribution in [2.45, 2.75) is 37.8 Å². The van der Waals surface area contributed by atoms with Crippen molar-refractivity contribution in [2.75, 3.05) is 13.0 Å². The molecule has 0 amide bonds. The lowest BCUT2D eigenvalue weighted by Crippen LogP contribution is -2.43. The summed E-state index contributed by atoms with van der Waals surface area (Å²) < 4.78 is 7.98. The van der Waals surface area contributed by atoms with Gasteiger partial charge in [-0.15, -0.1) is 11.6 Å². The van der Waals surface area contributed by atoms with Crippen LogP contribution >= 0.6 is 11.6 Å². The second-order valence-electron chi connectivity index (χ2n) is 5.16. The summed E-state index contributed by atoms with van der Waals surface area (Å²) in [5, 5.41) is 0. The Balaban J connectivity index is 2.02. The highest BCUT2D eigenvalue weighted by molar-refractivity contribution is 6.17. The van der Waals surface area contributed by atoms with Crippen LogP contribution in [-0.2, 0) is 17.7 Å². The van der Waals surface area contributed by atoms with E-state index in [-0.39, 0.29) is 5.60 Å². The van der Waals surface area contributed by atoms with Crippen LogP contribution in [0.25, 0.3) is 11.0 Å². The van der Waals surface area contributed by atoms with Gasteiger partial charge in [0.25, 0.3) is 0 Å². The van der Waals surface area contributed by atoms with Crippen LogP contribution in [0.1, 0.15) is 25.1 Å². The molecule has 1 saturated carbocycles. The van der Waals surface area contributed by atoms with Crippen molar-refractivity contribution < 1.29 is 4.74 Å². The minimum absolute atomic E-state index is 0.0159. The van der Waals surface area contributed by atoms with E-state index in [9.17, 15) is 0 Å². The summed E-state index contributed by atoms with van der Waals surface area (Å²) in [6.45, 7) is 0.857. The van der Waals surface area contributed by atoms with E-state index in [1.54, 1.807) is 7.11 Å². The van der Waals surface area contributed by atoms with E-state index < -0.39 is 0 Å². The number of hydrogen-bond acceptors (Lipinski definition) is 3. The number of fused-ring (bicyclic) bond motifs is 1. The molecular weight excluding hydrogens is 262 g/mol. The fourth-order valence-corrected chi connectivity index (χ4v) is 2.94. The van der Waals surface area contributed by atoms with Crippen molar-refractivity contribution in [2.24, 2.45) is 0 Å². The van der Waals surface area contributed by atoms with Crippen LogP contribution in [0.5, 0.6) is 0 Å². The van der Waals surface area contributed by atoms with Crippen LogP contribution in [0, 0.1) is 0 Å². The first-order valence-corrected chi connectivity index (χ1v) is 7.22. The second kappa shape index (κ2) is 5.10. The average Bonchev–Trinajstić information content (AvgIpc) is 2.72. The predicted molar refractivity (Wildman–Crippen MR) is 75.5 cm³/mol.